The second-order valence-corrected chi connectivity index (χ2v) is 5.34. The van der Waals surface area contributed by atoms with Crippen molar-refractivity contribution in [3.63, 3.8) is 0 Å². The van der Waals surface area contributed by atoms with E-state index in [0.29, 0.717) is 0 Å². The average molecular weight is 286 g/mol. The molecule has 2 aromatic rings. The van der Waals surface area contributed by atoms with Crippen LogP contribution in [-0.2, 0) is 0 Å². The summed E-state index contributed by atoms with van der Waals surface area (Å²) in [6.45, 7) is 0.809. The molecule has 2 aromatic carbocycles. The van der Waals surface area contributed by atoms with Crippen LogP contribution < -0.4 is 11.1 Å². The quantitative estimate of drug-likeness (QED) is 0.791. The highest BCUT2D eigenvalue weighted by atomic mass is 35.5. The van der Waals surface area contributed by atoms with Crippen LogP contribution in [0.25, 0.3) is 0 Å². The first kappa shape index (κ1) is 13.0. The molecule has 0 bridgehead atoms. The maximum absolute atomic E-state index is 6.17. The lowest BCUT2D eigenvalue weighted by Gasteiger charge is -2.28. The Morgan fingerprint density at radius 1 is 1.20 bits per heavy atom. The molecule has 0 saturated heterocycles. The molecule has 3 N–H and O–H groups in total. The maximum Gasteiger partial charge on any atom is 0.128 e. The Hall–Kier alpha value is -2.00. The molecule has 3 nitrogen and oxygen atoms in total. The van der Waals surface area contributed by atoms with E-state index in [2.05, 4.69) is 22.4 Å². The van der Waals surface area contributed by atoms with Gasteiger partial charge < -0.3 is 11.1 Å². The fourth-order valence-electron chi connectivity index (χ4n) is 2.67. The number of nitrogen functional groups attached to an aromatic ring is 1. The fraction of sp³-hybridized carbons (Fsp3) is 0.188. The minimum absolute atomic E-state index is 0.259. The SMILES string of the molecule is CN=C1NCC(c2ccc(N)cc2)c2cc(Cl)ccc21. The van der Waals surface area contributed by atoms with Crippen LogP contribution in [0.4, 0.5) is 5.69 Å². The lowest BCUT2D eigenvalue weighted by atomic mass is 9.85. The Balaban J connectivity index is 2.11. The van der Waals surface area contributed by atoms with Gasteiger partial charge in [0.05, 0.1) is 0 Å². The molecule has 0 saturated carbocycles. The van der Waals surface area contributed by atoms with Gasteiger partial charge in [-0.15, -0.1) is 0 Å². The monoisotopic (exact) mass is 285 g/mol. The number of hydrogen-bond donors (Lipinski definition) is 2. The minimum atomic E-state index is 0.259. The number of aliphatic imine (C=N–C) groups is 1. The third kappa shape index (κ3) is 2.25. The first-order chi connectivity index (χ1) is 9.69. The molecule has 0 spiro atoms. The van der Waals surface area contributed by atoms with Gasteiger partial charge in [0.2, 0.25) is 0 Å². The van der Waals surface area contributed by atoms with Crippen molar-refractivity contribution in [3.05, 3.63) is 64.2 Å². The van der Waals surface area contributed by atoms with E-state index in [-0.39, 0.29) is 5.92 Å². The van der Waals surface area contributed by atoms with E-state index in [1.165, 1.54) is 11.1 Å². The molecule has 1 heterocycles. The fourth-order valence-corrected chi connectivity index (χ4v) is 2.85. The van der Waals surface area contributed by atoms with Gasteiger partial charge in [0.15, 0.2) is 0 Å². The standard InChI is InChI=1S/C16H16ClN3/c1-19-16-13-7-4-11(17)8-14(13)15(9-20-16)10-2-5-12(18)6-3-10/h2-8,15H,9,18H2,1H3,(H,19,20). The molecule has 0 aliphatic carbocycles. The first-order valence-corrected chi connectivity index (χ1v) is 6.92. The molecule has 1 aliphatic rings. The Morgan fingerprint density at radius 3 is 2.65 bits per heavy atom. The van der Waals surface area contributed by atoms with Gasteiger partial charge in [0.25, 0.3) is 0 Å². The number of nitrogens with one attached hydrogen (secondary N) is 1. The molecule has 4 heteroatoms. The van der Waals surface area contributed by atoms with Crippen LogP contribution in [0.1, 0.15) is 22.6 Å². The summed E-state index contributed by atoms with van der Waals surface area (Å²) in [5, 5.41) is 4.13. The first-order valence-electron chi connectivity index (χ1n) is 6.55. The summed E-state index contributed by atoms with van der Waals surface area (Å²) < 4.78 is 0. The molecular weight excluding hydrogens is 270 g/mol. The van der Waals surface area contributed by atoms with E-state index in [0.717, 1.165) is 28.7 Å². The van der Waals surface area contributed by atoms with Crippen molar-refractivity contribution in [2.24, 2.45) is 4.99 Å². The van der Waals surface area contributed by atoms with Gasteiger partial charge >= 0.3 is 0 Å². The minimum Gasteiger partial charge on any atom is -0.399 e. The summed E-state index contributed by atoms with van der Waals surface area (Å²) in [7, 11) is 1.80. The van der Waals surface area contributed by atoms with E-state index < -0.39 is 0 Å². The van der Waals surface area contributed by atoms with E-state index in [4.69, 9.17) is 17.3 Å². The molecule has 0 amide bonds. The number of halogens is 1. The summed E-state index contributed by atoms with van der Waals surface area (Å²) in [6, 6.07) is 14.0. The summed E-state index contributed by atoms with van der Waals surface area (Å²) in [5.74, 6) is 1.18. The van der Waals surface area contributed by atoms with Crippen molar-refractivity contribution < 1.29 is 0 Å². The molecule has 0 fully saturated rings. The summed E-state index contributed by atoms with van der Waals surface area (Å²) in [4.78, 5) is 4.30. The summed E-state index contributed by atoms with van der Waals surface area (Å²) >= 11 is 6.17. The molecule has 102 valence electrons. The van der Waals surface area contributed by atoms with E-state index >= 15 is 0 Å². The van der Waals surface area contributed by atoms with Crippen molar-refractivity contribution in [1.82, 2.24) is 5.32 Å². The van der Waals surface area contributed by atoms with E-state index in [9.17, 15) is 0 Å². The second-order valence-electron chi connectivity index (χ2n) is 4.90. The van der Waals surface area contributed by atoms with Crippen LogP contribution in [0.5, 0.6) is 0 Å². The average Bonchev–Trinajstić information content (AvgIpc) is 2.47. The smallest absolute Gasteiger partial charge is 0.128 e. The number of hydrogen-bond acceptors (Lipinski definition) is 2. The maximum atomic E-state index is 6.17. The lowest BCUT2D eigenvalue weighted by Crippen LogP contribution is -2.36. The van der Waals surface area contributed by atoms with Gasteiger partial charge in [-0.05, 0) is 41.5 Å². The molecule has 20 heavy (non-hydrogen) atoms. The molecule has 1 atom stereocenters. The molecule has 1 aliphatic heterocycles. The number of nitrogens with zero attached hydrogens (tertiary/aromatic N) is 1. The number of benzene rings is 2. The number of nitrogens with two attached hydrogens (primary N) is 1. The van der Waals surface area contributed by atoms with Crippen LogP contribution in [0.3, 0.4) is 0 Å². The molecule has 0 radical (unpaired) electrons. The van der Waals surface area contributed by atoms with Gasteiger partial charge in [-0.1, -0.05) is 23.7 Å². The highest BCUT2D eigenvalue weighted by Crippen LogP contribution is 2.32. The second kappa shape index (κ2) is 5.17. The normalized spacial score (nSPS) is 19.5. The number of amidine groups is 1. The van der Waals surface area contributed by atoms with Gasteiger partial charge in [0.1, 0.15) is 5.84 Å². The Labute approximate surface area is 123 Å². The molecular formula is C16H16ClN3. The van der Waals surface area contributed by atoms with Gasteiger partial charge in [-0.3, -0.25) is 4.99 Å². The summed E-state index contributed by atoms with van der Waals surface area (Å²) in [5.41, 5.74) is 10.1. The van der Waals surface area contributed by atoms with Gasteiger partial charge in [-0.2, -0.15) is 0 Å². The largest absolute Gasteiger partial charge is 0.399 e. The number of fused-ring (bicyclic) bond motifs is 1. The van der Waals surface area contributed by atoms with Crippen molar-refractivity contribution in [1.29, 1.82) is 0 Å². The van der Waals surface area contributed by atoms with Gasteiger partial charge in [0, 0.05) is 35.8 Å². The predicted molar refractivity (Wildman–Crippen MR) is 84.6 cm³/mol. The van der Waals surface area contributed by atoms with E-state index in [1.54, 1.807) is 7.05 Å². The Kier molecular flexibility index (Phi) is 3.36. The van der Waals surface area contributed by atoms with Crippen molar-refractivity contribution in [2.45, 2.75) is 5.92 Å². The van der Waals surface area contributed by atoms with Gasteiger partial charge in [-0.25, -0.2) is 0 Å². The third-order valence-electron chi connectivity index (χ3n) is 3.68. The third-order valence-corrected chi connectivity index (χ3v) is 3.92. The van der Waals surface area contributed by atoms with Crippen molar-refractivity contribution >= 4 is 23.1 Å². The van der Waals surface area contributed by atoms with Crippen LogP contribution in [-0.4, -0.2) is 19.4 Å². The van der Waals surface area contributed by atoms with Crippen LogP contribution in [0.15, 0.2) is 47.5 Å². The van der Waals surface area contributed by atoms with Crippen LogP contribution in [0, 0.1) is 0 Å². The Bertz CT molecular complexity index is 662. The highest BCUT2D eigenvalue weighted by molar-refractivity contribution is 6.30. The Morgan fingerprint density at radius 2 is 1.95 bits per heavy atom. The number of anilines is 1. The van der Waals surface area contributed by atoms with Crippen LogP contribution in [0.2, 0.25) is 5.02 Å². The zero-order chi connectivity index (χ0) is 14.1. The highest BCUT2D eigenvalue weighted by Gasteiger charge is 2.25. The van der Waals surface area contributed by atoms with E-state index in [1.807, 2.05) is 30.3 Å². The summed E-state index contributed by atoms with van der Waals surface area (Å²) in [6.07, 6.45) is 0. The zero-order valence-corrected chi connectivity index (χ0v) is 12.0. The topological polar surface area (TPSA) is 50.4 Å². The zero-order valence-electron chi connectivity index (χ0n) is 11.2. The lowest BCUT2D eigenvalue weighted by molar-refractivity contribution is 0.733. The molecule has 0 aromatic heterocycles. The predicted octanol–water partition coefficient (Wildman–Crippen LogP) is 3.03. The van der Waals surface area contributed by atoms with Crippen LogP contribution >= 0.6 is 11.6 Å². The van der Waals surface area contributed by atoms with Crippen molar-refractivity contribution in [2.75, 3.05) is 19.3 Å². The number of rotatable bonds is 1. The molecule has 3 rings (SSSR count). The van der Waals surface area contributed by atoms with Crippen molar-refractivity contribution in [3.8, 4) is 0 Å². The molecule has 1 unspecified atom stereocenters.